The number of hydrogen-bond donors (Lipinski definition) is 2. The van der Waals surface area contributed by atoms with Crippen LogP contribution in [0.15, 0.2) is 18.2 Å². The molecule has 0 saturated carbocycles. The third-order valence-electron chi connectivity index (χ3n) is 2.44. The molecule has 16 heavy (non-hydrogen) atoms. The van der Waals surface area contributed by atoms with E-state index in [0.717, 1.165) is 18.7 Å². The van der Waals surface area contributed by atoms with Crippen LogP contribution in [0, 0.1) is 0 Å². The van der Waals surface area contributed by atoms with Gasteiger partial charge in [-0.15, -0.1) is 0 Å². The molecule has 0 aliphatic rings. The number of anilines is 2. The van der Waals surface area contributed by atoms with E-state index in [1.807, 2.05) is 18.2 Å². The monoisotopic (exact) mass is 224 g/mol. The van der Waals surface area contributed by atoms with Gasteiger partial charge >= 0.3 is 0 Å². The first-order chi connectivity index (χ1) is 7.69. The standard InChI is InChI=1S/C12H20N2O2/c1-9(7-8-15-2)14-10-5-4-6-11(16-3)12(10)13/h4-6,9,14H,7-8,13H2,1-3H3. The Bertz CT molecular complexity index is 329. The van der Waals surface area contributed by atoms with E-state index in [-0.39, 0.29) is 0 Å². The van der Waals surface area contributed by atoms with Gasteiger partial charge in [-0.3, -0.25) is 0 Å². The highest BCUT2D eigenvalue weighted by Crippen LogP contribution is 2.29. The SMILES string of the molecule is COCCC(C)Nc1cccc(OC)c1N. The van der Waals surface area contributed by atoms with Crippen LogP contribution in [-0.2, 0) is 4.74 Å². The summed E-state index contributed by atoms with van der Waals surface area (Å²) in [5, 5.41) is 3.33. The van der Waals surface area contributed by atoms with Gasteiger partial charge in [-0.2, -0.15) is 0 Å². The molecule has 0 fully saturated rings. The molecular weight excluding hydrogens is 204 g/mol. The molecule has 1 atom stereocenters. The fourth-order valence-corrected chi connectivity index (χ4v) is 1.48. The van der Waals surface area contributed by atoms with E-state index in [9.17, 15) is 0 Å². The summed E-state index contributed by atoms with van der Waals surface area (Å²) in [6.07, 6.45) is 0.938. The van der Waals surface area contributed by atoms with Gasteiger partial charge in [0.25, 0.3) is 0 Å². The third kappa shape index (κ3) is 3.31. The van der Waals surface area contributed by atoms with Crippen molar-refractivity contribution in [3.63, 3.8) is 0 Å². The van der Waals surface area contributed by atoms with Crippen molar-refractivity contribution in [2.75, 3.05) is 31.9 Å². The van der Waals surface area contributed by atoms with Gasteiger partial charge in [0, 0.05) is 19.8 Å². The molecule has 0 aliphatic carbocycles. The number of para-hydroxylation sites is 1. The molecule has 4 heteroatoms. The second-order valence-electron chi connectivity index (χ2n) is 3.75. The Balaban J connectivity index is 2.66. The van der Waals surface area contributed by atoms with Gasteiger partial charge in [-0.25, -0.2) is 0 Å². The van der Waals surface area contributed by atoms with Crippen LogP contribution in [0.3, 0.4) is 0 Å². The fraction of sp³-hybridized carbons (Fsp3) is 0.500. The van der Waals surface area contributed by atoms with Crippen LogP contribution in [0.4, 0.5) is 11.4 Å². The predicted molar refractivity (Wildman–Crippen MR) is 67.0 cm³/mol. The number of methoxy groups -OCH3 is 2. The first-order valence-corrected chi connectivity index (χ1v) is 5.37. The molecule has 3 N–H and O–H groups in total. The van der Waals surface area contributed by atoms with Gasteiger partial charge in [0.05, 0.1) is 18.5 Å². The minimum atomic E-state index is 0.314. The van der Waals surface area contributed by atoms with Gasteiger partial charge < -0.3 is 20.5 Å². The molecule has 1 aromatic rings. The van der Waals surface area contributed by atoms with Crippen LogP contribution >= 0.6 is 0 Å². The van der Waals surface area contributed by atoms with Crippen LogP contribution in [0.5, 0.6) is 5.75 Å². The second kappa shape index (κ2) is 6.23. The van der Waals surface area contributed by atoms with Gasteiger partial charge in [0.15, 0.2) is 0 Å². The van der Waals surface area contributed by atoms with Crippen LogP contribution in [0.25, 0.3) is 0 Å². The summed E-state index contributed by atoms with van der Waals surface area (Å²) < 4.78 is 10.2. The fourth-order valence-electron chi connectivity index (χ4n) is 1.48. The Labute approximate surface area is 96.7 Å². The maximum atomic E-state index is 5.95. The molecule has 0 aromatic heterocycles. The quantitative estimate of drug-likeness (QED) is 0.727. The number of nitrogens with one attached hydrogen (secondary N) is 1. The first-order valence-electron chi connectivity index (χ1n) is 5.37. The van der Waals surface area contributed by atoms with Crippen LogP contribution in [0.2, 0.25) is 0 Å². The molecule has 0 radical (unpaired) electrons. The minimum absolute atomic E-state index is 0.314. The lowest BCUT2D eigenvalue weighted by molar-refractivity contribution is 0.191. The zero-order chi connectivity index (χ0) is 12.0. The van der Waals surface area contributed by atoms with Crippen molar-refractivity contribution in [1.29, 1.82) is 0 Å². The number of rotatable bonds is 6. The first kappa shape index (κ1) is 12.6. The van der Waals surface area contributed by atoms with E-state index in [0.29, 0.717) is 17.5 Å². The van der Waals surface area contributed by atoms with E-state index < -0.39 is 0 Å². The van der Waals surface area contributed by atoms with Crippen LogP contribution in [0.1, 0.15) is 13.3 Å². The smallest absolute Gasteiger partial charge is 0.143 e. The van der Waals surface area contributed by atoms with Crippen LogP contribution in [-0.4, -0.2) is 26.9 Å². The van der Waals surface area contributed by atoms with Crippen molar-refractivity contribution in [1.82, 2.24) is 0 Å². The normalized spacial score (nSPS) is 12.2. The maximum absolute atomic E-state index is 5.95. The largest absolute Gasteiger partial charge is 0.495 e. The molecule has 0 saturated heterocycles. The van der Waals surface area contributed by atoms with Crippen molar-refractivity contribution < 1.29 is 9.47 Å². The van der Waals surface area contributed by atoms with Crippen molar-refractivity contribution in [2.45, 2.75) is 19.4 Å². The van der Waals surface area contributed by atoms with Gasteiger partial charge in [-0.1, -0.05) is 6.07 Å². The Morgan fingerprint density at radius 2 is 2.12 bits per heavy atom. The molecule has 90 valence electrons. The summed E-state index contributed by atoms with van der Waals surface area (Å²) in [6, 6.07) is 6.02. The molecule has 0 heterocycles. The van der Waals surface area contributed by atoms with E-state index in [1.54, 1.807) is 14.2 Å². The predicted octanol–water partition coefficient (Wildman–Crippen LogP) is 2.11. The number of ether oxygens (including phenoxy) is 2. The lowest BCUT2D eigenvalue weighted by atomic mass is 10.2. The molecule has 4 nitrogen and oxygen atoms in total. The van der Waals surface area contributed by atoms with Gasteiger partial charge in [0.1, 0.15) is 5.75 Å². The van der Waals surface area contributed by atoms with Crippen molar-refractivity contribution in [2.24, 2.45) is 0 Å². The highest BCUT2D eigenvalue weighted by Gasteiger charge is 2.07. The topological polar surface area (TPSA) is 56.5 Å². The van der Waals surface area contributed by atoms with E-state index in [1.165, 1.54) is 0 Å². The summed E-state index contributed by atoms with van der Waals surface area (Å²) >= 11 is 0. The molecule has 0 aliphatic heterocycles. The number of benzene rings is 1. The summed E-state index contributed by atoms with van der Waals surface area (Å²) in [6.45, 7) is 2.83. The lowest BCUT2D eigenvalue weighted by Crippen LogP contribution is -2.18. The summed E-state index contributed by atoms with van der Waals surface area (Å²) in [5.74, 6) is 0.698. The van der Waals surface area contributed by atoms with Gasteiger partial charge in [-0.05, 0) is 25.5 Å². The van der Waals surface area contributed by atoms with E-state index >= 15 is 0 Å². The zero-order valence-electron chi connectivity index (χ0n) is 10.1. The average Bonchev–Trinajstić information content (AvgIpc) is 2.29. The molecule has 1 aromatic carbocycles. The Morgan fingerprint density at radius 3 is 2.75 bits per heavy atom. The minimum Gasteiger partial charge on any atom is -0.495 e. The van der Waals surface area contributed by atoms with Crippen molar-refractivity contribution in [3.8, 4) is 5.75 Å². The van der Waals surface area contributed by atoms with Crippen molar-refractivity contribution in [3.05, 3.63) is 18.2 Å². The lowest BCUT2D eigenvalue weighted by Gasteiger charge is -2.17. The molecule has 0 amide bonds. The molecular formula is C12H20N2O2. The highest BCUT2D eigenvalue weighted by molar-refractivity contribution is 5.73. The third-order valence-corrected chi connectivity index (χ3v) is 2.44. The summed E-state index contributed by atoms with van der Waals surface area (Å²) in [4.78, 5) is 0. The Hall–Kier alpha value is -1.42. The van der Waals surface area contributed by atoms with Crippen LogP contribution < -0.4 is 15.8 Å². The Morgan fingerprint density at radius 1 is 1.38 bits per heavy atom. The Kier molecular flexibility index (Phi) is 4.92. The number of nitrogen functional groups attached to an aromatic ring is 1. The molecule has 1 rings (SSSR count). The maximum Gasteiger partial charge on any atom is 0.143 e. The van der Waals surface area contributed by atoms with Gasteiger partial charge in [0.2, 0.25) is 0 Å². The van der Waals surface area contributed by atoms with E-state index in [4.69, 9.17) is 15.2 Å². The summed E-state index contributed by atoms with van der Waals surface area (Å²) in [7, 11) is 3.32. The molecule has 0 spiro atoms. The number of nitrogens with two attached hydrogens (primary N) is 1. The number of hydrogen-bond acceptors (Lipinski definition) is 4. The van der Waals surface area contributed by atoms with E-state index in [2.05, 4.69) is 12.2 Å². The average molecular weight is 224 g/mol. The zero-order valence-corrected chi connectivity index (χ0v) is 10.1. The molecule has 0 bridgehead atoms. The van der Waals surface area contributed by atoms with Crippen molar-refractivity contribution >= 4 is 11.4 Å². The highest BCUT2D eigenvalue weighted by atomic mass is 16.5. The molecule has 1 unspecified atom stereocenters. The summed E-state index contributed by atoms with van der Waals surface area (Å²) in [5.41, 5.74) is 7.51. The second-order valence-corrected chi connectivity index (χ2v) is 3.75.